The van der Waals surface area contributed by atoms with Gasteiger partial charge in [0.2, 0.25) is 5.91 Å². The molecule has 1 aliphatic carbocycles. The third-order valence-electron chi connectivity index (χ3n) is 4.64. The standard InChI is InChI=1S/C14H18F3N5O/c1-22-7-9(23)21-10-11(19-8-20-12(10)22)18-6-5-13(3-2-4-13)14(15,16)17/h8H,2-7H2,1H3,(H,21,23)(H,18,19,20). The van der Waals surface area contributed by atoms with Gasteiger partial charge in [-0.05, 0) is 19.3 Å². The molecule has 126 valence electrons. The first-order valence-corrected chi connectivity index (χ1v) is 7.49. The maximum Gasteiger partial charge on any atom is 0.394 e. The predicted octanol–water partition coefficient (Wildman–Crippen LogP) is 2.40. The number of nitrogens with zero attached hydrogens (tertiary/aromatic N) is 3. The molecule has 1 fully saturated rings. The summed E-state index contributed by atoms with van der Waals surface area (Å²) in [6.45, 7) is 0.323. The quantitative estimate of drug-likeness (QED) is 0.888. The molecule has 2 N–H and O–H groups in total. The number of nitrogens with one attached hydrogen (secondary N) is 2. The average Bonchev–Trinajstić information content (AvgIpc) is 2.40. The number of anilines is 3. The fourth-order valence-electron chi connectivity index (χ4n) is 3.08. The molecule has 0 aromatic carbocycles. The first-order chi connectivity index (χ1) is 10.8. The highest BCUT2D eigenvalue weighted by atomic mass is 19.4. The third kappa shape index (κ3) is 2.79. The number of hydrogen-bond acceptors (Lipinski definition) is 5. The lowest BCUT2D eigenvalue weighted by Crippen LogP contribution is -2.45. The first-order valence-electron chi connectivity index (χ1n) is 7.49. The first kappa shape index (κ1) is 15.8. The summed E-state index contributed by atoms with van der Waals surface area (Å²) in [5.41, 5.74) is -1.16. The zero-order valence-corrected chi connectivity index (χ0v) is 12.7. The second-order valence-electron chi connectivity index (χ2n) is 6.13. The van der Waals surface area contributed by atoms with Gasteiger partial charge < -0.3 is 15.5 Å². The molecule has 3 rings (SSSR count). The van der Waals surface area contributed by atoms with Crippen molar-refractivity contribution in [2.75, 3.05) is 35.7 Å². The van der Waals surface area contributed by atoms with E-state index < -0.39 is 11.6 Å². The summed E-state index contributed by atoms with van der Waals surface area (Å²) in [6, 6.07) is 0. The van der Waals surface area contributed by atoms with Gasteiger partial charge in [0.05, 0.1) is 12.0 Å². The zero-order valence-electron chi connectivity index (χ0n) is 12.7. The van der Waals surface area contributed by atoms with Gasteiger partial charge in [-0.1, -0.05) is 6.42 Å². The summed E-state index contributed by atoms with van der Waals surface area (Å²) in [7, 11) is 1.72. The van der Waals surface area contributed by atoms with E-state index in [-0.39, 0.29) is 38.3 Å². The van der Waals surface area contributed by atoms with Gasteiger partial charge in [0.15, 0.2) is 11.6 Å². The second-order valence-corrected chi connectivity index (χ2v) is 6.13. The van der Waals surface area contributed by atoms with Crippen LogP contribution in [0.1, 0.15) is 25.7 Å². The second kappa shape index (κ2) is 5.54. The normalized spacial score (nSPS) is 19.7. The maximum atomic E-state index is 13.1. The van der Waals surface area contributed by atoms with Crippen LogP contribution >= 0.6 is 0 Å². The van der Waals surface area contributed by atoms with E-state index in [9.17, 15) is 18.0 Å². The number of carbonyl (C=O) groups is 1. The smallest absolute Gasteiger partial charge is 0.368 e. The molecule has 6 nitrogen and oxygen atoms in total. The van der Waals surface area contributed by atoms with Crippen molar-refractivity contribution < 1.29 is 18.0 Å². The molecular formula is C14H18F3N5O. The van der Waals surface area contributed by atoms with E-state index in [1.807, 2.05) is 0 Å². The Hall–Kier alpha value is -2.06. The fourth-order valence-corrected chi connectivity index (χ4v) is 3.08. The molecule has 0 spiro atoms. The minimum absolute atomic E-state index is 0.000931. The van der Waals surface area contributed by atoms with Gasteiger partial charge in [0.1, 0.15) is 12.0 Å². The summed E-state index contributed by atoms with van der Waals surface area (Å²) in [5, 5.41) is 5.59. The molecule has 1 saturated carbocycles. The molecule has 1 amide bonds. The molecule has 9 heteroatoms. The highest BCUT2D eigenvalue weighted by Gasteiger charge is 2.57. The van der Waals surface area contributed by atoms with Crippen LogP contribution in [0, 0.1) is 5.41 Å². The summed E-state index contributed by atoms with van der Waals surface area (Å²) < 4.78 is 39.4. The lowest BCUT2D eigenvalue weighted by atomic mass is 9.66. The maximum absolute atomic E-state index is 13.1. The highest BCUT2D eigenvalue weighted by Crippen LogP contribution is 2.55. The Kier molecular flexibility index (Phi) is 3.81. The number of likely N-dealkylation sites (N-methyl/N-ethyl adjacent to an activating group) is 1. The number of amides is 1. The SMILES string of the molecule is CN1CC(=O)Nc2c(NCCC3(C(F)(F)F)CCC3)ncnc21. The number of fused-ring (bicyclic) bond motifs is 1. The Morgan fingerprint density at radius 3 is 2.74 bits per heavy atom. The Balaban J connectivity index is 1.70. The number of hydrogen-bond donors (Lipinski definition) is 2. The molecule has 23 heavy (non-hydrogen) atoms. The van der Waals surface area contributed by atoms with E-state index in [0.717, 1.165) is 0 Å². The largest absolute Gasteiger partial charge is 0.394 e. The number of carbonyl (C=O) groups excluding carboxylic acids is 1. The highest BCUT2D eigenvalue weighted by molar-refractivity contribution is 6.03. The van der Waals surface area contributed by atoms with E-state index in [1.54, 1.807) is 11.9 Å². The van der Waals surface area contributed by atoms with Crippen molar-refractivity contribution in [1.29, 1.82) is 0 Å². The summed E-state index contributed by atoms with van der Waals surface area (Å²) in [5.74, 6) is 0.700. The number of alkyl halides is 3. The third-order valence-corrected chi connectivity index (χ3v) is 4.64. The van der Waals surface area contributed by atoms with Gasteiger partial charge in [-0.25, -0.2) is 9.97 Å². The minimum atomic E-state index is -4.17. The topological polar surface area (TPSA) is 70.2 Å². The Morgan fingerprint density at radius 2 is 2.13 bits per heavy atom. The molecule has 0 radical (unpaired) electrons. The van der Waals surface area contributed by atoms with Crippen LogP contribution in [0.2, 0.25) is 0 Å². The van der Waals surface area contributed by atoms with Crippen LogP contribution in [-0.4, -0.2) is 42.2 Å². The minimum Gasteiger partial charge on any atom is -0.368 e. The fraction of sp³-hybridized carbons (Fsp3) is 0.643. The van der Waals surface area contributed by atoms with Crippen molar-refractivity contribution >= 4 is 23.2 Å². The van der Waals surface area contributed by atoms with Gasteiger partial charge in [-0.3, -0.25) is 4.79 Å². The van der Waals surface area contributed by atoms with Crippen LogP contribution in [0.4, 0.5) is 30.5 Å². The molecular weight excluding hydrogens is 311 g/mol. The van der Waals surface area contributed by atoms with E-state index in [2.05, 4.69) is 20.6 Å². The van der Waals surface area contributed by atoms with Crippen molar-refractivity contribution in [3.63, 3.8) is 0 Å². The van der Waals surface area contributed by atoms with Crippen LogP contribution in [0.15, 0.2) is 6.33 Å². The van der Waals surface area contributed by atoms with E-state index >= 15 is 0 Å². The summed E-state index contributed by atoms with van der Waals surface area (Å²) >= 11 is 0. The number of halogens is 3. The van der Waals surface area contributed by atoms with Crippen molar-refractivity contribution in [1.82, 2.24) is 9.97 Å². The Morgan fingerprint density at radius 1 is 1.39 bits per heavy atom. The lowest BCUT2D eigenvalue weighted by molar-refractivity contribution is -0.252. The van der Waals surface area contributed by atoms with Gasteiger partial charge in [0, 0.05) is 13.6 Å². The van der Waals surface area contributed by atoms with Crippen LogP contribution in [0.5, 0.6) is 0 Å². The van der Waals surface area contributed by atoms with Gasteiger partial charge in [-0.15, -0.1) is 0 Å². The molecule has 0 bridgehead atoms. The summed E-state index contributed by atoms with van der Waals surface area (Å²) in [6.07, 6.45) is -1.87. The molecule has 0 saturated heterocycles. The van der Waals surface area contributed by atoms with E-state index in [0.29, 0.717) is 23.7 Å². The number of rotatable bonds is 4. The van der Waals surface area contributed by atoms with Crippen molar-refractivity contribution in [2.45, 2.75) is 31.9 Å². The monoisotopic (exact) mass is 329 g/mol. The van der Waals surface area contributed by atoms with Gasteiger partial charge in [-0.2, -0.15) is 13.2 Å². The van der Waals surface area contributed by atoms with Crippen LogP contribution in [0.25, 0.3) is 0 Å². The number of aromatic nitrogens is 2. The molecule has 0 atom stereocenters. The molecule has 1 aromatic rings. The van der Waals surface area contributed by atoms with Gasteiger partial charge in [0.25, 0.3) is 0 Å². The Labute approximate surface area is 131 Å². The summed E-state index contributed by atoms with van der Waals surface area (Å²) in [4.78, 5) is 21.4. The van der Waals surface area contributed by atoms with Crippen molar-refractivity contribution in [3.05, 3.63) is 6.33 Å². The van der Waals surface area contributed by atoms with Crippen LogP contribution < -0.4 is 15.5 Å². The predicted molar refractivity (Wildman–Crippen MR) is 79.4 cm³/mol. The molecule has 1 aromatic heterocycles. The molecule has 2 aliphatic rings. The van der Waals surface area contributed by atoms with E-state index in [4.69, 9.17) is 0 Å². The molecule has 0 unspecified atom stereocenters. The average molecular weight is 329 g/mol. The molecule has 2 heterocycles. The Bertz CT molecular complexity index is 615. The van der Waals surface area contributed by atoms with E-state index in [1.165, 1.54) is 6.33 Å². The van der Waals surface area contributed by atoms with Crippen LogP contribution in [0.3, 0.4) is 0 Å². The van der Waals surface area contributed by atoms with Crippen molar-refractivity contribution in [3.8, 4) is 0 Å². The molecule has 1 aliphatic heterocycles. The lowest BCUT2D eigenvalue weighted by Gasteiger charge is -2.43. The van der Waals surface area contributed by atoms with Crippen molar-refractivity contribution in [2.24, 2.45) is 5.41 Å². The zero-order chi connectivity index (χ0) is 16.7. The van der Waals surface area contributed by atoms with Gasteiger partial charge >= 0.3 is 6.18 Å². The van der Waals surface area contributed by atoms with Crippen LogP contribution in [-0.2, 0) is 4.79 Å².